The standard InChI is InChI=1S/C23H26N4O3/c1-13(23-10-14-7-15(11-23)9-16(8-14)12-23)6-19(28)24-27-22(30)20-17-4-2-3-5-18(17)21(29)26-25-20/h2-6,14-16H,7-12H2,1H3,(H,24,28)(H,26,29)(H,27,30)/b13-6+. The van der Waals surface area contributed by atoms with E-state index in [1.165, 1.54) is 38.5 Å². The number of H-pyrrole nitrogens is 1. The van der Waals surface area contributed by atoms with Gasteiger partial charge in [-0.2, -0.15) is 5.10 Å². The summed E-state index contributed by atoms with van der Waals surface area (Å²) in [5.41, 5.74) is 5.89. The molecule has 0 spiro atoms. The third-order valence-corrected chi connectivity index (χ3v) is 7.43. The Kier molecular flexibility index (Phi) is 4.49. The summed E-state index contributed by atoms with van der Waals surface area (Å²) in [5.74, 6) is 1.51. The van der Waals surface area contributed by atoms with Gasteiger partial charge in [-0.1, -0.05) is 23.8 Å². The molecule has 6 rings (SSSR count). The fraction of sp³-hybridized carbons (Fsp3) is 0.478. The first kappa shape index (κ1) is 19.0. The number of nitrogens with zero attached hydrogens (tertiary/aromatic N) is 1. The third-order valence-electron chi connectivity index (χ3n) is 7.43. The second-order valence-electron chi connectivity index (χ2n) is 9.42. The van der Waals surface area contributed by atoms with Gasteiger partial charge in [0, 0.05) is 11.5 Å². The van der Waals surface area contributed by atoms with Gasteiger partial charge in [-0.05, 0) is 74.7 Å². The number of amides is 2. The van der Waals surface area contributed by atoms with Crippen molar-refractivity contribution in [3.63, 3.8) is 0 Å². The average Bonchev–Trinajstić information content (AvgIpc) is 2.71. The van der Waals surface area contributed by atoms with Crippen LogP contribution in [0.4, 0.5) is 0 Å². The van der Waals surface area contributed by atoms with Crippen molar-refractivity contribution in [1.82, 2.24) is 21.0 Å². The molecule has 4 bridgehead atoms. The maximum absolute atomic E-state index is 12.6. The van der Waals surface area contributed by atoms with Crippen LogP contribution in [0.1, 0.15) is 55.9 Å². The first-order valence-electron chi connectivity index (χ1n) is 10.7. The van der Waals surface area contributed by atoms with Gasteiger partial charge in [0.15, 0.2) is 5.69 Å². The van der Waals surface area contributed by atoms with Crippen molar-refractivity contribution < 1.29 is 9.59 Å². The molecular formula is C23H26N4O3. The Hall–Kier alpha value is -2.96. The van der Waals surface area contributed by atoms with Crippen LogP contribution >= 0.6 is 0 Å². The molecule has 0 radical (unpaired) electrons. The van der Waals surface area contributed by atoms with Crippen LogP contribution in [0.2, 0.25) is 0 Å². The van der Waals surface area contributed by atoms with Crippen molar-refractivity contribution in [2.75, 3.05) is 0 Å². The number of carbonyl (C=O) groups excluding carboxylic acids is 2. The van der Waals surface area contributed by atoms with Crippen LogP contribution in [0.25, 0.3) is 10.8 Å². The van der Waals surface area contributed by atoms with Crippen molar-refractivity contribution in [3.05, 3.63) is 52.0 Å². The van der Waals surface area contributed by atoms with Crippen LogP contribution in [0.15, 0.2) is 40.7 Å². The van der Waals surface area contributed by atoms with Crippen LogP contribution in [-0.4, -0.2) is 22.0 Å². The number of hydrogen-bond donors (Lipinski definition) is 3. The number of aromatic amines is 1. The zero-order valence-electron chi connectivity index (χ0n) is 17.0. The van der Waals surface area contributed by atoms with Gasteiger partial charge >= 0.3 is 0 Å². The molecule has 0 saturated heterocycles. The number of aromatic nitrogens is 2. The Morgan fingerprint density at radius 1 is 1.03 bits per heavy atom. The highest BCUT2D eigenvalue weighted by Crippen LogP contribution is 2.62. The molecule has 156 valence electrons. The minimum Gasteiger partial charge on any atom is -0.268 e. The summed E-state index contributed by atoms with van der Waals surface area (Å²) in [6, 6.07) is 6.74. The SMILES string of the molecule is C/C(=C\C(=O)NNC(=O)c1n[nH]c(=O)c2ccccc12)C12CC3CC(CC(C3)C1)C2. The monoisotopic (exact) mass is 406 g/mol. The molecule has 0 atom stereocenters. The van der Waals surface area contributed by atoms with Gasteiger partial charge in [-0.3, -0.25) is 25.2 Å². The molecular weight excluding hydrogens is 380 g/mol. The summed E-state index contributed by atoms with van der Waals surface area (Å²) in [6.07, 6.45) is 9.28. The average molecular weight is 406 g/mol. The molecule has 2 aromatic rings. The molecule has 30 heavy (non-hydrogen) atoms. The van der Waals surface area contributed by atoms with Crippen LogP contribution in [-0.2, 0) is 4.79 Å². The number of rotatable bonds is 3. The van der Waals surface area contributed by atoms with Crippen molar-refractivity contribution in [1.29, 1.82) is 0 Å². The summed E-state index contributed by atoms with van der Waals surface area (Å²) in [4.78, 5) is 36.9. The number of nitrogens with one attached hydrogen (secondary N) is 3. The summed E-state index contributed by atoms with van der Waals surface area (Å²) < 4.78 is 0. The fourth-order valence-electron chi connectivity index (χ4n) is 6.44. The quantitative estimate of drug-likeness (QED) is 0.538. The lowest BCUT2D eigenvalue weighted by molar-refractivity contribution is -0.117. The second kappa shape index (κ2) is 7.07. The maximum atomic E-state index is 12.6. The van der Waals surface area contributed by atoms with Gasteiger partial charge in [-0.25, -0.2) is 5.10 Å². The molecule has 2 amide bonds. The number of hydrazine groups is 1. The second-order valence-corrected chi connectivity index (χ2v) is 9.42. The van der Waals surface area contributed by atoms with E-state index < -0.39 is 5.91 Å². The number of benzene rings is 1. The Balaban J connectivity index is 1.28. The van der Waals surface area contributed by atoms with E-state index in [-0.39, 0.29) is 22.6 Å². The van der Waals surface area contributed by atoms with E-state index >= 15 is 0 Å². The van der Waals surface area contributed by atoms with Crippen LogP contribution in [0.5, 0.6) is 0 Å². The summed E-state index contributed by atoms with van der Waals surface area (Å²) >= 11 is 0. The normalized spacial score (nSPS) is 29.8. The minimum absolute atomic E-state index is 0.0623. The number of hydrogen-bond acceptors (Lipinski definition) is 4. The molecule has 7 nitrogen and oxygen atoms in total. The van der Waals surface area contributed by atoms with Gasteiger partial charge in [-0.15, -0.1) is 0 Å². The largest absolute Gasteiger partial charge is 0.290 e. The Morgan fingerprint density at radius 3 is 2.27 bits per heavy atom. The highest BCUT2D eigenvalue weighted by atomic mass is 16.2. The Labute approximate surface area is 174 Å². The topological polar surface area (TPSA) is 104 Å². The number of fused-ring (bicyclic) bond motifs is 1. The molecule has 1 aromatic heterocycles. The van der Waals surface area contributed by atoms with E-state index in [2.05, 4.69) is 28.0 Å². The number of carbonyl (C=O) groups is 2. The summed E-state index contributed by atoms with van der Waals surface area (Å²) in [5, 5.41) is 7.00. The van der Waals surface area contributed by atoms with Crippen molar-refractivity contribution in [3.8, 4) is 0 Å². The van der Waals surface area contributed by atoms with Gasteiger partial charge in [0.25, 0.3) is 17.4 Å². The summed E-state index contributed by atoms with van der Waals surface area (Å²) in [7, 11) is 0. The van der Waals surface area contributed by atoms with Gasteiger partial charge < -0.3 is 0 Å². The molecule has 4 saturated carbocycles. The van der Waals surface area contributed by atoms with Gasteiger partial charge in [0.1, 0.15) is 0 Å². The van der Waals surface area contributed by atoms with E-state index in [9.17, 15) is 14.4 Å². The lowest BCUT2D eigenvalue weighted by Crippen LogP contribution is -2.47. The fourth-order valence-corrected chi connectivity index (χ4v) is 6.44. The zero-order chi connectivity index (χ0) is 20.9. The molecule has 4 aliphatic rings. The zero-order valence-corrected chi connectivity index (χ0v) is 17.0. The first-order chi connectivity index (χ1) is 14.4. The molecule has 4 aliphatic carbocycles. The minimum atomic E-state index is -0.573. The third kappa shape index (κ3) is 3.22. The molecule has 1 heterocycles. The predicted molar refractivity (Wildman–Crippen MR) is 112 cm³/mol. The van der Waals surface area contributed by atoms with E-state index in [1.54, 1.807) is 30.3 Å². The molecule has 3 N–H and O–H groups in total. The predicted octanol–water partition coefficient (Wildman–Crippen LogP) is 2.85. The summed E-state index contributed by atoms with van der Waals surface area (Å²) in [6.45, 7) is 2.06. The Morgan fingerprint density at radius 2 is 1.63 bits per heavy atom. The molecule has 7 heteroatoms. The van der Waals surface area contributed by atoms with Crippen molar-refractivity contribution in [2.45, 2.75) is 45.4 Å². The maximum Gasteiger partial charge on any atom is 0.290 e. The van der Waals surface area contributed by atoms with Crippen LogP contribution in [0, 0.1) is 23.2 Å². The first-order valence-corrected chi connectivity index (χ1v) is 10.7. The highest BCUT2D eigenvalue weighted by Gasteiger charge is 2.51. The van der Waals surface area contributed by atoms with E-state index in [0.29, 0.717) is 10.8 Å². The van der Waals surface area contributed by atoms with E-state index in [0.717, 1.165) is 23.3 Å². The van der Waals surface area contributed by atoms with Crippen LogP contribution in [0.3, 0.4) is 0 Å². The molecule has 0 aliphatic heterocycles. The molecule has 0 unspecified atom stereocenters. The highest BCUT2D eigenvalue weighted by molar-refractivity contribution is 6.05. The van der Waals surface area contributed by atoms with Gasteiger partial charge in [0.05, 0.1) is 5.39 Å². The lowest BCUT2D eigenvalue weighted by Gasteiger charge is -2.57. The molecule has 4 fully saturated rings. The van der Waals surface area contributed by atoms with E-state index in [4.69, 9.17) is 0 Å². The van der Waals surface area contributed by atoms with Gasteiger partial charge in [0.2, 0.25) is 0 Å². The van der Waals surface area contributed by atoms with E-state index in [1.807, 2.05) is 0 Å². The van der Waals surface area contributed by atoms with Crippen molar-refractivity contribution in [2.24, 2.45) is 23.2 Å². The molecule has 1 aromatic carbocycles. The van der Waals surface area contributed by atoms with Crippen molar-refractivity contribution >= 4 is 22.6 Å². The number of allylic oxidation sites excluding steroid dienone is 1. The van der Waals surface area contributed by atoms with Crippen LogP contribution < -0.4 is 16.4 Å². The Bertz CT molecular complexity index is 1080. The smallest absolute Gasteiger partial charge is 0.268 e. The lowest BCUT2D eigenvalue weighted by atomic mass is 9.48.